The maximum atomic E-state index is 10.5. The summed E-state index contributed by atoms with van der Waals surface area (Å²) in [4.78, 5) is 21.0. The van der Waals surface area contributed by atoms with Crippen molar-refractivity contribution in [3.8, 4) is 0 Å². The van der Waals surface area contributed by atoms with E-state index in [1.807, 2.05) is 27.7 Å². The van der Waals surface area contributed by atoms with E-state index in [0.717, 1.165) is 0 Å². The standard InChI is InChI=1S/C5H8N2O2.2C2H6/c6-3-1-2-4(8)7-5(3)9;2*1-2/h3H,1-2,6H2,(H,7,8,9);2*1-2H3. The molecule has 13 heavy (non-hydrogen) atoms. The fourth-order valence-electron chi connectivity index (χ4n) is 0.710. The predicted octanol–water partition coefficient (Wildman–Crippen LogP) is 0.803. The molecule has 4 heteroatoms. The van der Waals surface area contributed by atoms with Crippen LogP contribution in [0.3, 0.4) is 0 Å². The molecule has 0 bridgehead atoms. The second-order valence-corrected chi connectivity index (χ2v) is 2.06. The maximum Gasteiger partial charge on any atom is 0.243 e. The largest absolute Gasteiger partial charge is 0.320 e. The van der Waals surface area contributed by atoms with E-state index in [0.29, 0.717) is 12.8 Å². The minimum absolute atomic E-state index is 0.221. The van der Waals surface area contributed by atoms with Crippen LogP contribution in [0.2, 0.25) is 0 Å². The molecule has 0 radical (unpaired) electrons. The molecule has 1 fully saturated rings. The normalized spacial score (nSPS) is 20.2. The Labute approximate surface area is 79.9 Å². The molecule has 1 atom stereocenters. The zero-order valence-electron chi connectivity index (χ0n) is 8.89. The van der Waals surface area contributed by atoms with Gasteiger partial charge in [0.15, 0.2) is 0 Å². The van der Waals surface area contributed by atoms with Crippen LogP contribution in [0.1, 0.15) is 40.5 Å². The van der Waals surface area contributed by atoms with E-state index in [2.05, 4.69) is 5.32 Å². The van der Waals surface area contributed by atoms with E-state index in [4.69, 9.17) is 5.73 Å². The summed E-state index contributed by atoms with van der Waals surface area (Å²) in [7, 11) is 0. The molecule has 4 nitrogen and oxygen atoms in total. The van der Waals surface area contributed by atoms with Crippen LogP contribution in [0.5, 0.6) is 0 Å². The number of nitrogens with one attached hydrogen (secondary N) is 1. The Hall–Kier alpha value is -0.900. The molecule has 1 aliphatic rings. The summed E-state index contributed by atoms with van der Waals surface area (Å²) in [5.41, 5.74) is 5.28. The SMILES string of the molecule is CC.CC.NC1CCC(=O)NC1=O. The van der Waals surface area contributed by atoms with Crippen LogP contribution in [0.15, 0.2) is 0 Å². The number of rotatable bonds is 0. The highest BCUT2D eigenvalue weighted by atomic mass is 16.2. The molecule has 1 rings (SSSR count). The predicted molar refractivity (Wildman–Crippen MR) is 53.1 cm³/mol. The summed E-state index contributed by atoms with van der Waals surface area (Å²) in [5.74, 6) is -0.576. The van der Waals surface area contributed by atoms with Crippen LogP contribution in [-0.2, 0) is 9.59 Å². The molecule has 0 aromatic heterocycles. The lowest BCUT2D eigenvalue weighted by Crippen LogP contribution is -2.48. The Morgan fingerprint density at radius 1 is 1.23 bits per heavy atom. The van der Waals surface area contributed by atoms with Crippen molar-refractivity contribution in [1.82, 2.24) is 5.32 Å². The number of nitrogens with two attached hydrogens (primary N) is 1. The van der Waals surface area contributed by atoms with Gasteiger partial charge >= 0.3 is 0 Å². The molecule has 1 saturated heterocycles. The number of hydrogen-bond donors (Lipinski definition) is 2. The first-order chi connectivity index (χ1) is 6.20. The monoisotopic (exact) mass is 188 g/mol. The first kappa shape index (κ1) is 14.6. The molecule has 0 aromatic carbocycles. The summed E-state index contributed by atoms with van der Waals surface area (Å²) in [6, 6.07) is -0.484. The molecule has 0 aromatic rings. The topological polar surface area (TPSA) is 72.2 Å². The molecule has 0 aliphatic carbocycles. The van der Waals surface area contributed by atoms with Gasteiger partial charge in [0.1, 0.15) is 0 Å². The summed E-state index contributed by atoms with van der Waals surface area (Å²) in [6.45, 7) is 8.00. The summed E-state index contributed by atoms with van der Waals surface area (Å²) in [5, 5.41) is 2.13. The molecule has 1 unspecified atom stereocenters. The van der Waals surface area contributed by atoms with Crippen molar-refractivity contribution in [2.24, 2.45) is 5.73 Å². The molecule has 3 N–H and O–H groups in total. The van der Waals surface area contributed by atoms with Gasteiger partial charge in [-0.05, 0) is 6.42 Å². The minimum Gasteiger partial charge on any atom is -0.320 e. The van der Waals surface area contributed by atoms with Gasteiger partial charge in [0.2, 0.25) is 11.8 Å². The Balaban J connectivity index is 0. The lowest BCUT2D eigenvalue weighted by Gasteiger charge is -2.15. The minimum atomic E-state index is -0.484. The highest BCUT2D eigenvalue weighted by Gasteiger charge is 2.22. The Morgan fingerprint density at radius 3 is 2.00 bits per heavy atom. The third-order valence-electron chi connectivity index (χ3n) is 1.28. The van der Waals surface area contributed by atoms with E-state index in [1.54, 1.807) is 0 Å². The van der Waals surface area contributed by atoms with Crippen molar-refractivity contribution < 1.29 is 9.59 Å². The van der Waals surface area contributed by atoms with E-state index < -0.39 is 6.04 Å². The average molecular weight is 188 g/mol. The van der Waals surface area contributed by atoms with E-state index >= 15 is 0 Å². The lowest BCUT2D eigenvalue weighted by atomic mass is 10.1. The summed E-state index contributed by atoms with van der Waals surface area (Å²) in [6.07, 6.45) is 0.845. The van der Waals surface area contributed by atoms with Crippen molar-refractivity contribution in [3.63, 3.8) is 0 Å². The van der Waals surface area contributed by atoms with E-state index in [9.17, 15) is 9.59 Å². The van der Waals surface area contributed by atoms with Gasteiger partial charge in [-0.1, -0.05) is 27.7 Å². The quantitative estimate of drug-likeness (QED) is 0.552. The lowest BCUT2D eigenvalue weighted by molar-refractivity contribution is -0.134. The molecule has 1 heterocycles. The van der Waals surface area contributed by atoms with Crippen LogP contribution in [-0.4, -0.2) is 17.9 Å². The Kier molecular flexibility index (Phi) is 10.3. The highest BCUT2D eigenvalue weighted by Crippen LogP contribution is 2.00. The zero-order chi connectivity index (χ0) is 10.9. The van der Waals surface area contributed by atoms with Gasteiger partial charge < -0.3 is 5.73 Å². The van der Waals surface area contributed by atoms with E-state index in [-0.39, 0.29) is 11.8 Å². The van der Waals surface area contributed by atoms with Crippen LogP contribution in [0, 0.1) is 0 Å². The number of imide groups is 1. The fourth-order valence-corrected chi connectivity index (χ4v) is 0.710. The smallest absolute Gasteiger partial charge is 0.243 e. The van der Waals surface area contributed by atoms with Gasteiger partial charge in [0, 0.05) is 6.42 Å². The molecule has 0 spiro atoms. The maximum absolute atomic E-state index is 10.5. The fraction of sp³-hybridized carbons (Fsp3) is 0.778. The van der Waals surface area contributed by atoms with Crippen LogP contribution in [0.4, 0.5) is 0 Å². The summed E-state index contributed by atoms with van der Waals surface area (Å²) < 4.78 is 0. The van der Waals surface area contributed by atoms with Crippen molar-refractivity contribution >= 4 is 11.8 Å². The van der Waals surface area contributed by atoms with Crippen molar-refractivity contribution in [3.05, 3.63) is 0 Å². The van der Waals surface area contributed by atoms with E-state index in [1.165, 1.54) is 0 Å². The van der Waals surface area contributed by atoms with Gasteiger partial charge in [-0.25, -0.2) is 0 Å². The van der Waals surface area contributed by atoms with Crippen molar-refractivity contribution in [2.45, 2.75) is 46.6 Å². The third-order valence-corrected chi connectivity index (χ3v) is 1.28. The zero-order valence-corrected chi connectivity index (χ0v) is 8.89. The van der Waals surface area contributed by atoms with Crippen molar-refractivity contribution in [2.75, 3.05) is 0 Å². The number of amides is 2. The first-order valence-corrected chi connectivity index (χ1v) is 4.79. The number of carbonyl (C=O) groups excluding carboxylic acids is 2. The third kappa shape index (κ3) is 6.28. The van der Waals surface area contributed by atoms with Crippen molar-refractivity contribution in [1.29, 1.82) is 0 Å². The second kappa shape index (κ2) is 9.19. The van der Waals surface area contributed by atoms with Gasteiger partial charge in [0.25, 0.3) is 0 Å². The number of hydrogen-bond acceptors (Lipinski definition) is 3. The number of carbonyl (C=O) groups is 2. The Morgan fingerprint density at radius 2 is 1.69 bits per heavy atom. The molecular formula is C9H20N2O2. The first-order valence-electron chi connectivity index (χ1n) is 4.79. The van der Waals surface area contributed by atoms with Gasteiger partial charge in [0.05, 0.1) is 6.04 Å². The number of piperidine rings is 1. The molecule has 1 aliphatic heterocycles. The molecule has 2 amide bonds. The van der Waals surface area contributed by atoms with Crippen LogP contribution < -0.4 is 11.1 Å². The van der Waals surface area contributed by atoms with Crippen LogP contribution in [0.25, 0.3) is 0 Å². The summed E-state index contributed by atoms with van der Waals surface area (Å²) >= 11 is 0. The van der Waals surface area contributed by atoms with Gasteiger partial charge in [-0.15, -0.1) is 0 Å². The Bertz CT molecular complexity index is 158. The van der Waals surface area contributed by atoms with Gasteiger partial charge in [-0.2, -0.15) is 0 Å². The molecule has 0 saturated carbocycles. The molecule has 78 valence electrons. The second-order valence-electron chi connectivity index (χ2n) is 2.06. The van der Waals surface area contributed by atoms with Crippen LogP contribution >= 0.6 is 0 Å². The van der Waals surface area contributed by atoms with Gasteiger partial charge in [-0.3, -0.25) is 14.9 Å². The average Bonchev–Trinajstić information content (AvgIpc) is 2.18. The highest BCUT2D eigenvalue weighted by molar-refractivity contribution is 6.00. The molecular weight excluding hydrogens is 168 g/mol.